The molecule has 6 nitrogen and oxygen atoms in total. The van der Waals surface area contributed by atoms with Crippen LogP contribution in [0.1, 0.15) is 43.0 Å². The number of fused-ring (bicyclic) bond motifs is 3. The quantitative estimate of drug-likeness (QED) is 0.858. The SMILES string of the molecule is CC1Oc2ccc(C(N)=O)cc2N(C2CC3CCC(C2)N3)C1=O. The number of piperidine rings is 1. The molecule has 0 saturated carbocycles. The van der Waals surface area contributed by atoms with Gasteiger partial charge in [-0.05, 0) is 50.8 Å². The van der Waals surface area contributed by atoms with E-state index in [0.717, 1.165) is 12.8 Å². The van der Waals surface area contributed by atoms with Crippen LogP contribution in [0.25, 0.3) is 0 Å². The van der Waals surface area contributed by atoms with Gasteiger partial charge in [0.1, 0.15) is 5.75 Å². The first-order valence-corrected chi connectivity index (χ1v) is 8.22. The molecule has 3 N–H and O–H groups in total. The van der Waals surface area contributed by atoms with Gasteiger partial charge in [0.05, 0.1) is 5.69 Å². The highest BCUT2D eigenvalue weighted by Crippen LogP contribution is 2.40. The summed E-state index contributed by atoms with van der Waals surface area (Å²) in [6, 6.07) is 6.18. The van der Waals surface area contributed by atoms with E-state index >= 15 is 0 Å². The molecule has 4 rings (SSSR count). The summed E-state index contributed by atoms with van der Waals surface area (Å²) in [6.45, 7) is 1.77. The number of carbonyl (C=O) groups excluding carboxylic acids is 2. The summed E-state index contributed by atoms with van der Waals surface area (Å²) in [5, 5.41) is 3.60. The molecule has 3 atom stereocenters. The minimum Gasteiger partial charge on any atom is -0.479 e. The van der Waals surface area contributed by atoms with Crippen LogP contribution in [0.5, 0.6) is 5.75 Å². The lowest BCUT2D eigenvalue weighted by Gasteiger charge is -2.42. The molecule has 3 heterocycles. The highest BCUT2D eigenvalue weighted by molar-refractivity contribution is 6.02. The average molecular weight is 315 g/mol. The first-order valence-electron chi connectivity index (χ1n) is 8.22. The number of benzene rings is 1. The van der Waals surface area contributed by atoms with Crippen LogP contribution >= 0.6 is 0 Å². The number of primary amides is 1. The summed E-state index contributed by atoms with van der Waals surface area (Å²) in [5.41, 5.74) is 6.47. The summed E-state index contributed by atoms with van der Waals surface area (Å²) in [5.74, 6) is 0.114. The zero-order valence-corrected chi connectivity index (χ0v) is 13.1. The molecule has 0 spiro atoms. The Labute approximate surface area is 135 Å². The molecule has 2 saturated heterocycles. The van der Waals surface area contributed by atoms with Crippen molar-refractivity contribution in [3.05, 3.63) is 23.8 Å². The average Bonchev–Trinajstić information content (AvgIpc) is 2.86. The van der Waals surface area contributed by atoms with Gasteiger partial charge in [-0.1, -0.05) is 0 Å². The summed E-state index contributed by atoms with van der Waals surface area (Å²) in [4.78, 5) is 26.1. The van der Waals surface area contributed by atoms with Crippen molar-refractivity contribution in [1.29, 1.82) is 0 Å². The summed E-state index contributed by atoms with van der Waals surface area (Å²) >= 11 is 0. The molecular weight excluding hydrogens is 294 g/mol. The van der Waals surface area contributed by atoms with Crippen LogP contribution in [0.15, 0.2) is 18.2 Å². The number of anilines is 1. The van der Waals surface area contributed by atoms with E-state index in [1.54, 1.807) is 25.1 Å². The van der Waals surface area contributed by atoms with Gasteiger partial charge in [-0.25, -0.2) is 0 Å². The van der Waals surface area contributed by atoms with Crippen molar-refractivity contribution >= 4 is 17.5 Å². The van der Waals surface area contributed by atoms with Gasteiger partial charge in [0.15, 0.2) is 6.10 Å². The Hall–Kier alpha value is -2.08. The lowest BCUT2D eigenvalue weighted by Crippen LogP contribution is -2.55. The maximum atomic E-state index is 12.8. The predicted octanol–water partition coefficient (Wildman–Crippen LogP) is 1.18. The van der Waals surface area contributed by atoms with Gasteiger partial charge in [0, 0.05) is 23.7 Å². The van der Waals surface area contributed by atoms with Gasteiger partial charge in [-0.3, -0.25) is 9.59 Å². The standard InChI is InChI=1S/C17H21N3O3/c1-9-17(22)20(13-7-11-3-4-12(8-13)19-11)14-6-10(16(18)21)2-5-15(14)23-9/h2,5-6,9,11-13,19H,3-4,7-8H2,1H3,(H2,18,21). The molecule has 0 radical (unpaired) electrons. The zero-order valence-electron chi connectivity index (χ0n) is 13.1. The van der Waals surface area contributed by atoms with Gasteiger partial charge in [0.2, 0.25) is 5.91 Å². The second kappa shape index (κ2) is 5.23. The molecule has 122 valence electrons. The number of nitrogens with one attached hydrogen (secondary N) is 1. The molecule has 0 aliphatic carbocycles. The van der Waals surface area contributed by atoms with Gasteiger partial charge in [-0.2, -0.15) is 0 Å². The van der Waals surface area contributed by atoms with Crippen molar-refractivity contribution < 1.29 is 14.3 Å². The van der Waals surface area contributed by atoms with Crippen molar-refractivity contribution in [2.24, 2.45) is 5.73 Å². The van der Waals surface area contributed by atoms with E-state index in [0.29, 0.717) is 29.1 Å². The zero-order chi connectivity index (χ0) is 16.1. The number of nitrogens with zero attached hydrogens (tertiary/aromatic N) is 1. The number of hydrogen-bond donors (Lipinski definition) is 2. The van der Waals surface area contributed by atoms with Crippen molar-refractivity contribution in [3.63, 3.8) is 0 Å². The third kappa shape index (κ3) is 2.37. The van der Waals surface area contributed by atoms with Crippen LogP contribution in [-0.2, 0) is 4.79 Å². The Morgan fingerprint density at radius 2 is 2.00 bits per heavy atom. The van der Waals surface area contributed by atoms with Crippen molar-refractivity contribution in [2.45, 2.75) is 56.8 Å². The topological polar surface area (TPSA) is 84.7 Å². The molecule has 3 aliphatic heterocycles. The largest absolute Gasteiger partial charge is 0.479 e. The molecule has 1 aromatic carbocycles. The normalized spacial score (nSPS) is 32.4. The number of rotatable bonds is 2. The van der Waals surface area contributed by atoms with Crippen molar-refractivity contribution in [1.82, 2.24) is 5.32 Å². The fourth-order valence-corrected chi connectivity index (χ4v) is 4.13. The number of amides is 2. The smallest absolute Gasteiger partial charge is 0.268 e. The minimum absolute atomic E-state index is 0.0366. The fourth-order valence-electron chi connectivity index (χ4n) is 4.13. The molecule has 6 heteroatoms. The second-order valence-electron chi connectivity index (χ2n) is 6.78. The molecule has 3 unspecified atom stereocenters. The van der Waals surface area contributed by atoms with Crippen LogP contribution in [0.4, 0.5) is 5.69 Å². The van der Waals surface area contributed by atoms with E-state index in [1.807, 2.05) is 4.90 Å². The van der Waals surface area contributed by atoms with Crippen LogP contribution < -0.4 is 20.7 Å². The van der Waals surface area contributed by atoms with Crippen LogP contribution in [0, 0.1) is 0 Å². The van der Waals surface area contributed by atoms with Gasteiger partial charge < -0.3 is 20.7 Å². The van der Waals surface area contributed by atoms with E-state index in [-0.39, 0.29) is 11.9 Å². The second-order valence-corrected chi connectivity index (χ2v) is 6.78. The molecule has 2 bridgehead atoms. The summed E-state index contributed by atoms with van der Waals surface area (Å²) in [7, 11) is 0. The minimum atomic E-state index is -0.505. The molecule has 23 heavy (non-hydrogen) atoms. The Morgan fingerprint density at radius 3 is 2.65 bits per heavy atom. The number of ether oxygens (including phenoxy) is 1. The summed E-state index contributed by atoms with van der Waals surface area (Å²) < 4.78 is 5.71. The molecule has 3 aliphatic rings. The van der Waals surface area contributed by atoms with Gasteiger partial charge >= 0.3 is 0 Å². The Bertz CT molecular complexity index is 663. The van der Waals surface area contributed by atoms with E-state index in [4.69, 9.17) is 10.5 Å². The first-order chi connectivity index (χ1) is 11.0. The maximum absolute atomic E-state index is 12.8. The Kier molecular flexibility index (Phi) is 3.30. The van der Waals surface area contributed by atoms with Gasteiger partial charge in [-0.15, -0.1) is 0 Å². The molecule has 1 aromatic rings. The molecule has 2 fully saturated rings. The van der Waals surface area contributed by atoms with Crippen LogP contribution in [-0.4, -0.2) is 36.0 Å². The van der Waals surface area contributed by atoms with E-state index in [2.05, 4.69) is 5.32 Å². The van der Waals surface area contributed by atoms with E-state index in [1.165, 1.54) is 12.8 Å². The molecule has 2 amide bonds. The molecular formula is C17H21N3O3. The number of nitrogens with two attached hydrogens (primary N) is 1. The summed E-state index contributed by atoms with van der Waals surface area (Å²) in [6.07, 6.45) is 3.71. The third-order valence-corrected chi connectivity index (χ3v) is 5.21. The molecule has 0 aromatic heterocycles. The Morgan fingerprint density at radius 1 is 1.30 bits per heavy atom. The van der Waals surface area contributed by atoms with E-state index < -0.39 is 12.0 Å². The first kappa shape index (κ1) is 14.5. The predicted molar refractivity (Wildman–Crippen MR) is 85.5 cm³/mol. The monoisotopic (exact) mass is 315 g/mol. The number of carbonyl (C=O) groups is 2. The Balaban J connectivity index is 1.74. The van der Waals surface area contributed by atoms with Gasteiger partial charge in [0.25, 0.3) is 5.91 Å². The lowest BCUT2D eigenvalue weighted by atomic mass is 9.96. The lowest BCUT2D eigenvalue weighted by molar-refractivity contribution is -0.126. The van der Waals surface area contributed by atoms with E-state index in [9.17, 15) is 9.59 Å². The third-order valence-electron chi connectivity index (χ3n) is 5.21. The highest BCUT2D eigenvalue weighted by Gasteiger charge is 2.42. The maximum Gasteiger partial charge on any atom is 0.268 e. The van der Waals surface area contributed by atoms with Crippen LogP contribution in [0.2, 0.25) is 0 Å². The highest BCUT2D eigenvalue weighted by atomic mass is 16.5. The van der Waals surface area contributed by atoms with Crippen LogP contribution in [0.3, 0.4) is 0 Å². The van der Waals surface area contributed by atoms with Crippen molar-refractivity contribution in [2.75, 3.05) is 4.90 Å². The fraction of sp³-hybridized carbons (Fsp3) is 0.529. The van der Waals surface area contributed by atoms with Crippen molar-refractivity contribution in [3.8, 4) is 5.75 Å². The number of hydrogen-bond acceptors (Lipinski definition) is 4.